The molecule has 0 aliphatic carbocycles. The zero-order valence-corrected chi connectivity index (χ0v) is 10.8. The molecular weight excluding hydrogens is 262 g/mol. The molecule has 2 aromatic heterocycles. The number of hydrogen-bond donors (Lipinski definition) is 0. The molecule has 0 unspecified atom stereocenters. The molecule has 0 aliphatic rings. The van der Waals surface area contributed by atoms with Gasteiger partial charge in [-0.15, -0.1) is 16.4 Å². The lowest BCUT2D eigenvalue weighted by molar-refractivity contribution is 1.20. The second-order valence-electron chi connectivity index (χ2n) is 3.84. The van der Waals surface area contributed by atoms with Crippen LogP contribution in [0.15, 0.2) is 36.4 Å². The zero-order valence-electron chi connectivity index (χ0n) is 9.12. The summed E-state index contributed by atoms with van der Waals surface area (Å²) in [6.07, 6.45) is 0. The van der Waals surface area contributed by atoms with Crippen LogP contribution in [0.25, 0.3) is 31.0 Å². The fourth-order valence-corrected chi connectivity index (χ4v) is 3.30. The fourth-order valence-electron chi connectivity index (χ4n) is 1.83. The quantitative estimate of drug-likeness (QED) is 0.527. The maximum atomic E-state index is 4.62. The number of benzene rings is 2. The largest absolute Gasteiger partial charge is 0.236 e. The predicted molar refractivity (Wildman–Crippen MR) is 74.9 cm³/mol. The van der Waals surface area contributed by atoms with Gasteiger partial charge in [-0.25, -0.2) is 4.98 Å². The van der Waals surface area contributed by atoms with Gasteiger partial charge in [0.25, 0.3) is 0 Å². The van der Waals surface area contributed by atoms with Crippen LogP contribution in [0.1, 0.15) is 0 Å². The topological polar surface area (TPSA) is 38.7 Å². The van der Waals surface area contributed by atoms with Crippen molar-refractivity contribution in [1.29, 1.82) is 0 Å². The van der Waals surface area contributed by atoms with Gasteiger partial charge in [0.05, 0.1) is 14.9 Å². The summed E-state index contributed by atoms with van der Waals surface area (Å²) in [6.45, 7) is 0. The summed E-state index contributed by atoms with van der Waals surface area (Å²) < 4.78 is 6.17. The molecule has 85 valence electrons. The van der Waals surface area contributed by atoms with Gasteiger partial charge in [0.15, 0.2) is 0 Å². The van der Waals surface area contributed by atoms with E-state index in [0.717, 1.165) is 26.3 Å². The predicted octanol–water partition coefficient (Wildman–Crippen LogP) is 3.77. The van der Waals surface area contributed by atoms with Crippen molar-refractivity contribution in [2.45, 2.75) is 0 Å². The number of fused-ring (bicyclic) bond motifs is 2. The van der Waals surface area contributed by atoms with Crippen LogP contribution in [0.5, 0.6) is 0 Å². The third-order valence-corrected chi connectivity index (χ3v) is 4.45. The smallest absolute Gasteiger partial charge is 0.125 e. The van der Waals surface area contributed by atoms with Crippen LogP contribution < -0.4 is 0 Å². The van der Waals surface area contributed by atoms with E-state index in [1.807, 2.05) is 30.3 Å². The molecule has 4 aromatic rings. The van der Waals surface area contributed by atoms with E-state index in [0.29, 0.717) is 0 Å². The van der Waals surface area contributed by atoms with Crippen LogP contribution >= 0.6 is 22.9 Å². The van der Waals surface area contributed by atoms with E-state index in [-0.39, 0.29) is 0 Å². The summed E-state index contributed by atoms with van der Waals surface area (Å²) in [5, 5.41) is 5.03. The summed E-state index contributed by atoms with van der Waals surface area (Å²) in [7, 11) is 0. The van der Waals surface area contributed by atoms with Crippen molar-refractivity contribution in [3.63, 3.8) is 0 Å². The number of rotatable bonds is 1. The van der Waals surface area contributed by atoms with Crippen LogP contribution in [0.3, 0.4) is 0 Å². The third-order valence-electron chi connectivity index (χ3n) is 2.69. The van der Waals surface area contributed by atoms with Gasteiger partial charge in [-0.1, -0.05) is 16.6 Å². The molecule has 3 nitrogen and oxygen atoms in total. The number of aromatic nitrogens is 3. The van der Waals surface area contributed by atoms with Gasteiger partial charge >= 0.3 is 0 Å². The molecule has 0 atom stereocenters. The molecule has 0 fully saturated rings. The second-order valence-corrected chi connectivity index (χ2v) is 5.66. The van der Waals surface area contributed by atoms with Crippen LogP contribution in [0, 0.1) is 6.07 Å². The summed E-state index contributed by atoms with van der Waals surface area (Å²) in [5.74, 6) is 0. The van der Waals surface area contributed by atoms with Gasteiger partial charge in [0, 0.05) is 11.6 Å². The normalized spacial score (nSPS) is 11.3. The Morgan fingerprint density at radius 3 is 2.89 bits per heavy atom. The lowest BCUT2D eigenvalue weighted by Gasteiger charge is -1.93. The van der Waals surface area contributed by atoms with E-state index in [9.17, 15) is 0 Å². The second kappa shape index (κ2) is 3.83. The van der Waals surface area contributed by atoms with Crippen LogP contribution in [0.4, 0.5) is 0 Å². The number of hydrogen-bond acceptors (Lipinski definition) is 5. The molecule has 2 aromatic carbocycles. The highest BCUT2D eigenvalue weighted by atomic mass is 32.1. The molecule has 0 saturated heterocycles. The molecule has 0 aliphatic heterocycles. The van der Waals surface area contributed by atoms with Crippen LogP contribution in [-0.4, -0.2) is 14.6 Å². The van der Waals surface area contributed by atoms with E-state index < -0.39 is 0 Å². The van der Waals surface area contributed by atoms with Crippen molar-refractivity contribution in [2.75, 3.05) is 0 Å². The van der Waals surface area contributed by atoms with Crippen LogP contribution in [0.2, 0.25) is 0 Å². The minimum Gasteiger partial charge on any atom is -0.236 e. The van der Waals surface area contributed by atoms with Crippen molar-refractivity contribution in [3.05, 3.63) is 42.5 Å². The first-order valence-electron chi connectivity index (χ1n) is 5.40. The van der Waals surface area contributed by atoms with Crippen molar-refractivity contribution in [1.82, 2.24) is 14.6 Å². The molecule has 5 heteroatoms. The Morgan fingerprint density at radius 2 is 1.94 bits per heavy atom. The number of para-hydroxylation sites is 1. The Kier molecular flexibility index (Phi) is 2.15. The highest BCUT2D eigenvalue weighted by molar-refractivity contribution is 7.21. The average Bonchev–Trinajstić information content (AvgIpc) is 3.04. The summed E-state index contributed by atoms with van der Waals surface area (Å²) in [4.78, 5) is 4.62. The Labute approximate surface area is 111 Å². The molecule has 0 N–H and O–H groups in total. The summed E-state index contributed by atoms with van der Waals surface area (Å²) in [5.41, 5.74) is 2.83. The van der Waals surface area contributed by atoms with Gasteiger partial charge in [-0.05, 0) is 35.8 Å². The first kappa shape index (κ1) is 10.1. The standard InChI is InChI=1S/C13H6N3S2/c1-2-4-11-9(3-1)14-13(17-11)8-5-6-12-10(7-8)15-16-18-12/h1-6H. The van der Waals surface area contributed by atoms with Crippen molar-refractivity contribution >= 4 is 43.3 Å². The molecular formula is C13H6N3S2. The highest BCUT2D eigenvalue weighted by Crippen LogP contribution is 2.31. The number of thiazole rings is 1. The monoisotopic (exact) mass is 268 g/mol. The highest BCUT2D eigenvalue weighted by Gasteiger charge is 2.08. The third kappa shape index (κ3) is 1.52. The molecule has 18 heavy (non-hydrogen) atoms. The van der Waals surface area contributed by atoms with Crippen molar-refractivity contribution in [3.8, 4) is 10.6 Å². The van der Waals surface area contributed by atoms with Gasteiger partial charge in [0.1, 0.15) is 10.5 Å². The van der Waals surface area contributed by atoms with E-state index in [1.54, 1.807) is 11.3 Å². The van der Waals surface area contributed by atoms with Crippen LogP contribution in [-0.2, 0) is 0 Å². The van der Waals surface area contributed by atoms with E-state index >= 15 is 0 Å². The molecule has 1 radical (unpaired) electrons. The van der Waals surface area contributed by atoms with Gasteiger partial charge in [-0.2, -0.15) is 0 Å². The lowest BCUT2D eigenvalue weighted by atomic mass is 10.2. The Balaban J connectivity index is 1.94. The zero-order chi connectivity index (χ0) is 11.9. The number of nitrogens with zero attached hydrogens (tertiary/aromatic N) is 3. The van der Waals surface area contributed by atoms with Gasteiger partial charge < -0.3 is 0 Å². The molecule has 0 bridgehead atoms. The molecule has 0 amide bonds. The van der Waals surface area contributed by atoms with E-state index in [4.69, 9.17) is 0 Å². The lowest BCUT2D eigenvalue weighted by Crippen LogP contribution is -1.77. The maximum Gasteiger partial charge on any atom is 0.125 e. The molecule has 0 saturated carbocycles. The average molecular weight is 268 g/mol. The van der Waals surface area contributed by atoms with Gasteiger partial charge in [0.2, 0.25) is 0 Å². The maximum absolute atomic E-state index is 4.62. The van der Waals surface area contributed by atoms with Gasteiger partial charge in [-0.3, -0.25) is 0 Å². The first-order chi connectivity index (χ1) is 8.90. The molecule has 4 rings (SSSR count). The van der Waals surface area contributed by atoms with Crippen molar-refractivity contribution in [2.24, 2.45) is 0 Å². The van der Waals surface area contributed by atoms with E-state index in [2.05, 4.69) is 26.7 Å². The minimum atomic E-state index is 0.816. The summed E-state index contributed by atoms with van der Waals surface area (Å²) >= 11 is 3.06. The first-order valence-corrected chi connectivity index (χ1v) is 6.99. The van der Waals surface area contributed by atoms with Crippen molar-refractivity contribution < 1.29 is 0 Å². The Morgan fingerprint density at radius 1 is 1.00 bits per heavy atom. The Bertz CT molecular complexity index is 814. The molecule has 0 spiro atoms. The Hall–Kier alpha value is -1.85. The molecule has 2 heterocycles. The van der Waals surface area contributed by atoms with E-state index in [1.165, 1.54) is 16.2 Å². The fraction of sp³-hybridized carbons (Fsp3) is 0. The SMILES string of the molecule is [c]1c(-c2nc3ccccc3s2)ccc2snnc12. The summed E-state index contributed by atoms with van der Waals surface area (Å²) in [6, 6.07) is 15.5. The minimum absolute atomic E-state index is 0.816.